The molecule has 12 heavy (non-hydrogen) atoms. The topological polar surface area (TPSA) is 80.9 Å². The van der Waals surface area contributed by atoms with E-state index in [-0.39, 0.29) is 12.5 Å². The molecule has 0 aliphatic rings. The van der Waals surface area contributed by atoms with Gasteiger partial charge in [-0.1, -0.05) is 0 Å². The maximum atomic E-state index is 10.3. The van der Waals surface area contributed by atoms with Gasteiger partial charge in [0.1, 0.15) is 6.33 Å². The minimum absolute atomic E-state index is 0.171. The Balaban J connectivity index is 2.29. The van der Waals surface area contributed by atoms with Crippen molar-refractivity contribution in [2.45, 2.75) is 6.54 Å². The lowest BCUT2D eigenvalue weighted by molar-refractivity contribution is -0.117. The number of nitrogens with two attached hydrogens (primary N) is 1. The van der Waals surface area contributed by atoms with Gasteiger partial charge in [-0.2, -0.15) is 0 Å². The highest BCUT2D eigenvalue weighted by atomic mass is 16.1. The van der Waals surface area contributed by atoms with Crippen LogP contribution in [0.4, 0.5) is 0 Å². The summed E-state index contributed by atoms with van der Waals surface area (Å²) < 4.78 is 0. The lowest BCUT2D eigenvalue weighted by atomic mass is 10.4. The van der Waals surface area contributed by atoms with Crippen LogP contribution in [0.25, 0.3) is 0 Å². The number of nitrogens with zero attached hydrogens (tertiary/aromatic N) is 2. The van der Waals surface area contributed by atoms with E-state index < -0.39 is 0 Å². The summed E-state index contributed by atoms with van der Waals surface area (Å²) in [5.41, 5.74) is 5.76. The molecule has 1 rings (SSSR count). The molecule has 0 atom stereocenters. The van der Waals surface area contributed by atoms with Crippen LogP contribution in [0.15, 0.2) is 18.6 Å². The zero-order chi connectivity index (χ0) is 8.81. The van der Waals surface area contributed by atoms with E-state index in [1.54, 1.807) is 12.3 Å². The van der Waals surface area contributed by atoms with Crippen LogP contribution in [0.1, 0.15) is 5.69 Å². The molecule has 1 heterocycles. The van der Waals surface area contributed by atoms with E-state index in [0.717, 1.165) is 5.69 Å². The van der Waals surface area contributed by atoms with Gasteiger partial charge in [0.2, 0.25) is 5.91 Å². The largest absolute Gasteiger partial charge is 0.369 e. The molecule has 0 unspecified atom stereocenters. The molecule has 0 aliphatic heterocycles. The summed E-state index contributed by atoms with van der Waals surface area (Å²) in [5.74, 6) is -0.371. The van der Waals surface area contributed by atoms with E-state index in [2.05, 4.69) is 15.3 Å². The Hall–Kier alpha value is -1.49. The second-order valence-corrected chi connectivity index (χ2v) is 2.27. The number of nitrogens with one attached hydrogen (secondary N) is 1. The number of amides is 1. The minimum Gasteiger partial charge on any atom is -0.369 e. The summed E-state index contributed by atoms with van der Waals surface area (Å²) in [6.07, 6.45) is 3.11. The lowest BCUT2D eigenvalue weighted by Gasteiger charge is -1.99. The number of hydrogen-bond acceptors (Lipinski definition) is 4. The van der Waals surface area contributed by atoms with Crippen LogP contribution in [-0.2, 0) is 11.3 Å². The van der Waals surface area contributed by atoms with Crippen molar-refractivity contribution in [1.82, 2.24) is 15.3 Å². The Morgan fingerprint density at radius 3 is 3.08 bits per heavy atom. The maximum absolute atomic E-state index is 10.3. The van der Waals surface area contributed by atoms with E-state index in [1.165, 1.54) is 6.33 Å². The van der Waals surface area contributed by atoms with E-state index in [1.807, 2.05) is 0 Å². The Bertz CT molecular complexity index is 249. The number of carbonyl (C=O) groups is 1. The third kappa shape index (κ3) is 3.07. The zero-order valence-corrected chi connectivity index (χ0v) is 6.53. The van der Waals surface area contributed by atoms with Gasteiger partial charge in [-0.3, -0.25) is 4.79 Å². The molecule has 64 valence electrons. The molecule has 0 aromatic carbocycles. The van der Waals surface area contributed by atoms with Crippen molar-refractivity contribution in [1.29, 1.82) is 0 Å². The van der Waals surface area contributed by atoms with Gasteiger partial charge in [0.25, 0.3) is 0 Å². The van der Waals surface area contributed by atoms with Crippen LogP contribution in [0.2, 0.25) is 0 Å². The van der Waals surface area contributed by atoms with Gasteiger partial charge in [0.05, 0.1) is 12.2 Å². The van der Waals surface area contributed by atoms with Gasteiger partial charge in [0, 0.05) is 12.7 Å². The first-order valence-electron chi connectivity index (χ1n) is 3.53. The predicted molar refractivity (Wildman–Crippen MR) is 42.9 cm³/mol. The first kappa shape index (κ1) is 8.61. The van der Waals surface area contributed by atoms with Crippen LogP contribution in [0.3, 0.4) is 0 Å². The Kier molecular flexibility index (Phi) is 3.16. The third-order valence-electron chi connectivity index (χ3n) is 1.25. The molecule has 0 saturated carbocycles. The molecule has 0 fully saturated rings. The number of aromatic nitrogens is 2. The van der Waals surface area contributed by atoms with Crippen LogP contribution < -0.4 is 11.1 Å². The van der Waals surface area contributed by atoms with Crippen molar-refractivity contribution < 1.29 is 4.79 Å². The van der Waals surface area contributed by atoms with Crippen LogP contribution in [0.5, 0.6) is 0 Å². The lowest BCUT2D eigenvalue weighted by Crippen LogP contribution is -2.28. The molecule has 0 bridgehead atoms. The summed E-state index contributed by atoms with van der Waals surface area (Å²) in [5, 5.41) is 2.84. The molecular weight excluding hydrogens is 156 g/mol. The number of carbonyl (C=O) groups excluding carboxylic acids is 1. The van der Waals surface area contributed by atoms with Crippen molar-refractivity contribution in [3.05, 3.63) is 24.3 Å². The normalized spacial score (nSPS) is 9.67. The Morgan fingerprint density at radius 2 is 2.50 bits per heavy atom. The number of primary amides is 1. The summed E-state index contributed by atoms with van der Waals surface area (Å²) in [6, 6.07) is 1.77. The molecule has 3 N–H and O–H groups in total. The van der Waals surface area contributed by atoms with Gasteiger partial charge < -0.3 is 11.1 Å². The highest BCUT2D eigenvalue weighted by Gasteiger charge is 1.94. The summed E-state index contributed by atoms with van der Waals surface area (Å²) in [6.45, 7) is 0.704. The van der Waals surface area contributed by atoms with Gasteiger partial charge in [-0.05, 0) is 6.07 Å². The smallest absolute Gasteiger partial charge is 0.231 e. The van der Waals surface area contributed by atoms with E-state index in [9.17, 15) is 4.79 Å². The van der Waals surface area contributed by atoms with Crippen LogP contribution >= 0.6 is 0 Å². The van der Waals surface area contributed by atoms with Gasteiger partial charge in [0.15, 0.2) is 0 Å². The summed E-state index contributed by atoms with van der Waals surface area (Å²) in [4.78, 5) is 18.0. The Labute approximate surface area is 70.0 Å². The first-order chi connectivity index (χ1) is 5.79. The highest BCUT2D eigenvalue weighted by Crippen LogP contribution is 1.88. The summed E-state index contributed by atoms with van der Waals surface area (Å²) >= 11 is 0. The molecule has 5 nitrogen and oxygen atoms in total. The predicted octanol–water partition coefficient (Wildman–Crippen LogP) is -0.948. The Morgan fingerprint density at radius 1 is 1.67 bits per heavy atom. The molecule has 0 aliphatic carbocycles. The van der Waals surface area contributed by atoms with Crippen molar-refractivity contribution in [2.24, 2.45) is 5.73 Å². The van der Waals surface area contributed by atoms with E-state index in [0.29, 0.717) is 6.54 Å². The monoisotopic (exact) mass is 166 g/mol. The molecule has 1 aromatic rings. The molecule has 0 saturated heterocycles. The average Bonchev–Trinajstić information content (AvgIpc) is 2.05. The minimum atomic E-state index is -0.371. The maximum Gasteiger partial charge on any atom is 0.231 e. The fraction of sp³-hybridized carbons (Fsp3) is 0.286. The molecule has 0 spiro atoms. The second-order valence-electron chi connectivity index (χ2n) is 2.27. The molecule has 5 heteroatoms. The summed E-state index contributed by atoms with van der Waals surface area (Å²) in [7, 11) is 0. The SMILES string of the molecule is NC(=O)CNCc1ccncn1. The van der Waals surface area contributed by atoms with Crippen LogP contribution in [-0.4, -0.2) is 22.4 Å². The number of rotatable bonds is 4. The van der Waals surface area contributed by atoms with E-state index in [4.69, 9.17) is 5.73 Å². The quantitative estimate of drug-likeness (QED) is 0.604. The molecule has 0 radical (unpaired) electrons. The van der Waals surface area contributed by atoms with Crippen molar-refractivity contribution in [2.75, 3.05) is 6.54 Å². The van der Waals surface area contributed by atoms with Gasteiger partial charge >= 0.3 is 0 Å². The standard InChI is InChI=1S/C7H10N4O/c8-7(12)4-10-3-6-1-2-9-5-11-6/h1-2,5,10H,3-4H2,(H2,8,12). The number of hydrogen-bond donors (Lipinski definition) is 2. The van der Waals surface area contributed by atoms with E-state index >= 15 is 0 Å². The first-order valence-corrected chi connectivity index (χ1v) is 3.53. The van der Waals surface area contributed by atoms with Crippen LogP contribution in [0, 0.1) is 0 Å². The third-order valence-corrected chi connectivity index (χ3v) is 1.25. The molecule has 1 amide bonds. The van der Waals surface area contributed by atoms with Crippen molar-refractivity contribution in [3.8, 4) is 0 Å². The van der Waals surface area contributed by atoms with Gasteiger partial charge in [-0.15, -0.1) is 0 Å². The van der Waals surface area contributed by atoms with Crippen molar-refractivity contribution in [3.63, 3.8) is 0 Å². The molecular formula is C7H10N4O. The second kappa shape index (κ2) is 4.40. The highest BCUT2D eigenvalue weighted by molar-refractivity contribution is 5.75. The van der Waals surface area contributed by atoms with Crippen molar-refractivity contribution >= 4 is 5.91 Å². The zero-order valence-electron chi connectivity index (χ0n) is 6.53. The fourth-order valence-corrected chi connectivity index (χ4v) is 0.736. The fourth-order valence-electron chi connectivity index (χ4n) is 0.736. The van der Waals surface area contributed by atoms with Gasteiger partial charge in [-0.25, -0.2) is 9.97 Å². The average molecular weight is 166 g/mol. The molecule has 1 aromatic heterocycles.